The van der Waals surface area contributed by atoms with Crippen molar-refractivity contribution in [1.82, 2.24) is 0 Å². The van der Waals surface area contributed by atoms with Crippen molar-refractivity contribution >= 4 is 0 Å². The van der Waals surface area contributed by atoms with Crippen LogP contribution in [-0.2, 0) is 4.74 Å². The number of aliphatic hydroxyl groups excluding tert-OH is 1. The molecule has 3 N–H and O–H groups in total. The second-order valence-corrected chi connectivity index (χ2v) is 4.41. The van der Waals surface area contributed by atoms with Crippen molar-refractivity contribution in [3.05, 3.63) is 0 Å². The number of nitrogens with two attached hydrogens (primary N) is 1. The predicted molar refractivity (Wildman–Crippen MR) is 52.4 cm³/mol. The second-order valence-electron chi connectivity index (χ2n) is 4.41. The van der Waals surface area contributed by atoms with E-state index in [0.29, 0.717) is 6.54 Å². The summed E-state index contributed by atoms with van der Waals surface area (Å²) in [6.07, 6.45) is 1.81. The molecule has 3 unspecified atom stereocenters. The van der Waals surface area contributed by atoms with Crippen molar-refractivity contribution in [3.8, 4) is 0 Å². The van der Waals surface area contributed by atoms with Gasteiger partial charge in [-0.1, -0.05) is 0 Å². The number of rotatable bonds is 2. The van der Waals surface area contributed by atoms with Gasteiger partial charge in [-0.3, -0.25) is 0 Å². The fourth-order valence-electron chi connectivity index (χ4n) is 2.40. The zero-order chi connectivity index (χ0) is 10.1. The Morgan fingerprint density at radius 1 is 1.46 bits per heavy atom. The Kier molecular flexibility index (Phi) is 3.33. The van der Waals surface area contributed by atoms with Gasteiger partial charge in [0, 0.05) is 12.0 Å². The molecule has 0 amide bonds. The first kappa shape index (κ1) is 11.0. The highest BCUT2D eigenvalue weighted by molar-refractivity contribution is 4.91. The van der Waals surface area contributed by atoms with Crippen LogP contribution < -0.4 is 5.73 Å². The van der Waals surface area contributed by atoms with E-state index in [9.17, 15) is 5.11 Å². The average molecular weight is 187 g/mol. The van der Waals surface area contributed by atoms with Gasteiger partial charge < -0.3 is 15.6 Å². The molecule has 3 heteroatoms. The Bertz CT molecular complexity index is 160. The molecule has 0 bridgehead atoms. The van der Waals surface area contributed by atoms with Gasteiger partial charge in [0.15, 0.2) is 0 Å². The highest BCUT2D eigenvalue weighted by atomic mass is 16.5. The van der Waals surface area contributed by atoms with Crippen LogP contribution in [0.4, 0.5) is 0 Å². The Balaban J connectivity index is 2.74. The van der Waals surface area contributed by atoms with Gasteiger partial charge in [-0.2, -0.15) is 0 Å². The Hall–Kier alpha value is -0.120. The third kappa shape index (κ3) is 2.22. The van der Waals surface area contributed by atoms with E-state index in [4.69, 9.17) is 10.5 Å². The molecule has 1 saturated heterocycles. The molecule has 0 spiro atoms. The zero-order valence-electron chi connectivity index (χ0n) is 8.79. The highest BCUT2D eigenvalue weighted by Gasteiger charge is 2.41. The standard InChI is InChI=1S/C10H21NO2/c1-7-4-10(6-11,9(3)12)5-8(2)13-7/h7-9,12H,4-6,11H2,1-3H3. The predicted octanol–water partition coefficient (Wildman–Crippen LogP) is 0.900. The van der Waals surface area contributed by atoms with E-state index < -0.39 is 0 Å². The molecule has 3 nitrogen and oxygen atoms in total. The van der Waals surface area contributed by atoms with Gasteiger partial charge >= 0.3 is 0 Å². The summed E-state index contributed by atoms with van der Waals surface area (Å²) >= 11 is 0. The van der Waals surface area contributed by atoms with E-state index >= 15 is 0 Å². The minimum absolute atomic E-state index is 0.128. The first-order valence-corrected chi connectivity index (χ1v) is 5.04. The number of aliphatic hydroxyl groups is 1. The van der Waals surface area contributed by atoms with E-state index in [-0.39, 0.29) is 23.7 Å². The van der Waals surface area contributed by atoms with E-state index in [1.807, 2.05) is 20.8 Å². The smallest absolute Gasteiger partial charge is 0.0582 e. The molecule has 1 fully saturated rings. The van der Waals surface area contributed by atoms with Crippen LogP contribution in [0, 0.1) is 5.41 Å². The van der Waals surface area contributed by atoms with Gasteiger partial charge in [-0.05, 0) is 33.6 Å². The van der Waals surface area contributed by atoms with Crippen molar-refractivity contribution in [2.45, 2.75) is 51.9 Å². The van der Waals surface area contributed by atoms with Crippen LogP contribution >= 0.6 is 0 Å². The van der Waals surface area contributed by atoms with Crippen molar-refractivity contribution in [3.63, 3.8) is 0 Å². The molecule has 3 atom stereocenters. The quantitative estimate of drug-likeness (QED) is 0.675. The molecule has 0 aromatic rings. The minimum Gasteiger partial charge on any atom is -0.393 e. The van der Waals surface area contributed by atoms with Gasteiger partial charge in [0.05, 0.1) is 18.3 Å². The molecular formula is C10H21NO2. The number of hydrogen-bond acceptors (Lipinski definition) is 3. The maximum absolute atomic E-state index is 9.73. The van der Waals surface area contributed by atoms with Crippen LogP contribution in [0.3, 0.4) is 0 Å². The van der Waals surface area contributed by atoms with E-state index in [0.717, 1.165) is 12.8 Å². The zero-order valence-corrected chi connectivity index (χ0v) is 8.79. The minimum atomic E-state index is -0.341. The number of ether oxygens (including phenoxy) is 1. The van der Waals surface area contributed by atoms with Gasteiger partial charge in [-0.25, -0.2) is 0 Å². The summed E-state index contributed by atoms with van der Waals surface area (Å²) in [5.41, 5.74) is 5.62. The average Bonchev–Trinajstić information content (AvgIpc) is 2.02. The second kappa shape index (κ2) is 3.95. The topological polar surface area (TPSA) is 55.5 Å². The van der Waals surface area contributed by atoms with Gasteiger partial charge in [0.1, 0.15) is 0 Å². The van der Waals surface area contributed by atoms with E-state index in [1.165, 1.54) is 0 Å². The lowest BCUT2D eigenvalue weighted by molar-refractivity contribution is -0.119. The lowest BCUT2D eigenvalue weighted by Gasteiger charge is -2.44. The molecule has 1 rings (SSSR count). The lowest BCUT2D eigenvalue weighted by Crippen LogP contribution is -2.49. The third-order valence-electron chi connectivity index (χ3n) is 3.15. The van der Waals surface area contributed by atoms with Crippen LogP contribution in [0.1, 0.15) is 33.6 Å². The molecule has 1 heterocycles. The Morgan fingerprint density at radius 3 is 2.23 bits per heavy atom. The molecule has 0 aromatic heterocycles. The van der Waals surface area contributed by atoms with Crippen LogP contribution in [0.2, 0.25) is 0 Å². The Labute approximate surface area is 80.3 Å². The summed E-state index contributed by atoms with van der Waals surface area (Å²) in [6, 6.07) is 0. The Morgan fingerprint density at radius 2 is 1.92 bits per heavy atom. The monoisotopic (exact) mass is 187 g/mol. The first-order valence-electron chi connectivity index (χ1n) is 5.04. The van der Waals surface area contributed by atoms with Gasteiger partial charge in [0.25, 0.3) is 0 Å². The SMILES string of the molecule is CC1CC(CN)(C(C)O)CC(C)O1. The fourth-order valence-corrected chi connectivity index (χ4v) is 2.40. The van der Waals surface area contributed by atoms with Crippen molar-refractivity contribution < 1.29 is 9.84 Å². The van der Waals surface area contributed by atoms with Crippen LogP contribution in [0.5, 0.6) is 0 Å². The maximum atomic E-state index is 9.73. The molecule has 0 radical (unpaired) electrons. The van der Waals surface area contributed by atoms with Gasteiger partial charge in [-0.15, -0.1) is 0 Å². The van der Waals surface area contributed by atoms with Crippen LogP contribution in [0.15, 0.2) is 0 Å². The summed E-state index contributed by atoms with van der Waals surface area (Å²) in [4.78, 5) is 0. The van der Waals surface area contributed by atoms with Crippen LogP contribution in [0.25, 0.3) is 0 Å². The van der Waals surface area contributed by atoms with Crippen molar-refractivity contribution in [2.75, 3.05) is 6.54 Å². The van der Waals surface area contributed by atoms with E-state index in [2.05, 4.69) is 0 Å². The van der Waals surface area contributed by atoms with Gasteiger partial charge in [0.2, 0.25) is 0 Å². The third-order valence-corrected chi connectivity index (χ3v) is 3.15. The summed E-state index contributed by atoms with van der Waals surface area (Å²) in [5.74, 6) is 0. The molecule has 78 valence electrons. The first-order chi connectivity index (χ1) is 6.00. The van der Waals surface area contributed by atoms with Crippen LogP contribution in [-0.4, -0.2) is 30.0 Å². The molecule has 0 aromatic carbocycles. The number of hydrogen-bond donors (Lipinski definition) is 2. The summed E-state index contributed by atoms with van der Waals surface area (Å²) in [5, 5.41) is 9.73. The summed E-state index contributed by atoms with van der Waals surface area (Å²) < 4.78 is 5.63. The normalized spacial score (nSPS) is 43.2. The largest absolute Gasteiger partial charge is 0.393 e. The van der Waals surface area contributed by atoms with E-state index in [1.54, 1.807) is 0 Å². The van der Waals surface area contributed by atoms with Crippen molar-refractivity contribution in [2.24, 2.45) is 11.1 Å². The maximum Gasteiger partial charge on any atom is 0.0582 e. The fraction of sp³-hybridized carbons (Fsp3) is 1.00. The molecule has 0 aliphatic carbocycles. The molecule has 13 heavy (non-hydrogen) atoms. The lowest BCUT2D eigenvalue weighted by atomic mass is 9.72. The molecule has 0 saturated carbocycles. The summed E-state index contributed by atoms with van der Waals surface area (Å²) in [6.45, 7) is 6.46. The molecular weight excluding hydrogens is 166 g/mol. The van der Waals surface area contributed by atoms with Crippen molar-refractivity contribution in [1.29, 1.82) is 0 Å². The summed E-state index contributed by atoms with van der Waals surface area (Å²) in [7, 11) is 0. The highest BCUT2D eigenvalue weighted by Crippen LogP contribution is 2.38. The molecule has 1 aliphatic rings. The molecule has 1 aliphatic heterocycles.